The van der Waals surface area contributed by atoms with E-state index in [9.17, 15) is 9.59 Å². The fourth-order valence-electron chi connectivity index (χ4n) is 1.83. The maximum absolute atomic E-state index is 11.6. The summed E-state index contributed by atoms with van der Waals surface area (Å²) < 4.78 is 0. The number of rotatable bonds is 10. The zero-order valence-electron chi connectivity index (χ0n) is 11.9. The molecule has 18 heavy (non-hydrogen) atoms. The van der Waals surface area contributed by atoms with Crippen molar-refractivity contribution in [2.45, 2.75) is 71.8 Å². The van der Waals surface area contributed by atoms with E-state index in [1.165, 1.54) is 19.3 Å². The van der Waals surface area contributed by atoms with Gasteiger partial charge in [-0.25, -0.2) is 4.79 Å². The molecule has 2 N–H and O–H groups in total. The number of unbranched alkanes of at least 4 members (excludes halogenated alkanes) is 5. The summed E-state index contributed by atoms with van der Waals surface area (Å²) in [5, 5.41) is 11.5. The van der Waals surface area contributed by atoms with Crippen LogP contribution in [0.15, 0.2) is 0 Å². The smallest absolute Gasteiger partial charge is 0.326 e. The van der Waals surface area contributed by atoms with Gasteiger partial charge in [-0.2, -0.15) is 0 Å². The zero-order chi connectivity index (χ0) is 14.0. The average Bonchev–Trinajstić information content (AvgIpc) is 2.29. The number of carbonyl (C=O) groups is 2. The van der Waals surface area contributed by atoms with Gasteiger partial charge in [0.2, 0.25) is 5.91 Å². The molecule has 0 aromatic rings. The second-order valence-electron chi connectivity index (χ2n) is 5.15. The summed E-state index contributed by atoms with van der Waals surface area (Å²) >= 11 is 0. The molecule has 0 aliphatic carbocycles. The van der Waals surface area contributed by atoms with E-state index < -0.39 is 12.0 Å². The molecule has 0 aliphatic rings. The van der Waals surface area contributed by atoms with Gasteiger partial charge < -0.3 is 10.4 Å². The lowest BCUT2D eigenvalue weighted by atomic mass is 10.0. The highest BCUT2D eigenvalue weighted by molar-refractivity contribution is 5.83. The number of hydrogen-bond acceptors (Lipinski definition) is 2. The minimum atomic E-state index is -0.957. The SMILES string of the molecule is CCCCCCCCC(=O)N[C@H](C(=O)O)C(C)C. The molecule has 0 aliphatic heterocycles. The van der Waals surface area contributed by atoms with Crippen LogP contribution in [0.1, 0.15) is 65.7 Å². The van der Waals surface area contributed by atoms with Crippen LogP contribution < -0.4 is 5.32 Å². The minimum absolute atomic E-state index is 0.0870. The molecule has 4 nitrogen and oxygen atoms in total. The van der Waals surface area contributed by atoms with Crippen LogP contribution in [0, 0.1) is 5.92 Å². The monoisotopic (exact) mass is 257 g/mol. The molecular weight excluding hydrogens is 230 g/mol. The van der Waals surface area contributed by atoms with Crippen LogP contribution in [0.2, 0.25) is 0 Å². The van der Waals surface area contributed by atoms with Gasteiger partial charge in [0.05, 0.1) is 0 Å². The van der Waals surface area contributed by atoms with Crippen molar-refractivity contribution in [3.63, 3.8) is 0 Å². The Bertz CT molecular complexity index is 251. The number of hydrogen-bond donors (Lipinski definition) is 2. The van der Waals surface area contributed by atoms with E-state index in [1.54, 1.807) is 13.8 Å². The highest BCUT2D eigenvalue weighted by Crippen LogP contribution is 2.08. The van der Waals surface area contributed by atoms with E-state index in [-0.39, 0.29) is 11.8 Å². The standard InChI is InChI=1S/C14H27NO3/c1-4-5-6-7-8-9-10-12(16)15-13(11(2)3)14(17)18/h11,13H,4-10H2,1-3H3,(H,15,16)(H,17,18)/t13-/m0/s1. The largest absolute Gasteiger partial charge is 0.480 e. The Hall–Kier alpha value is -1.06. The number of amides is 1. The second-order valence-corrected chi connectivity index (χ2v) is 5.15. The van der Waals surface area contributed by atoms with Crippen LogP contribution in [-0.2, 0) is 9.59 Å². The first-order valence-electron chi connectivity index (χ1n) is 7.01. The average molecular weight is 257 g/mol. The van der Waals surface area contributed by atoms with Crippen molar-refractivity contribution < 1.29 is 14.7 Å². The quantitative estimate of drug-likeness (QED) is 0.591. The molecule has 4 heteroatoms. The van der Waals surface area contributed by atoms with Crippen molar-refractivity contribution in [1.82, 2.24) is 5.32 Å². The van der Waals surface area contributed by atoms with Crippen LogP contribution >= 0.6 is 0 Å². The number of carbonyl (C=O) groups excluding carboxylic acids is 1. The third kappa shape index (κ3) is 8.09. The lowest BCUT2D eigenvalue weighted by Crippen LogP contribution is -2.44. The van der Waals surface area contributed by atoms with Crippen molar-refractivity contribution in [2.24, 2.45) is 5.92 Å². The van der Waals surface area contributed by atoms with E-state index in [1.807, 2.05) is 0 Å². The third-order valence-electron chi connectivity index (χ3n) is 3.01. The molecule has 0 saturated carbocycles. The Morgan fingerprint density at radius 1 is 1.06 bits per heavy atom. The van der Waals surface area contributed by atoms with Crippen LogP contribution in [0.3, 0.4) is 0 Å². The predicted octanol–water partition coefficient (Wildman–Crippen LogP) is 2.96. The van der Waals surface area contributed by atoms with E-state index in [4.69, 9.17) is 5.11 Å². The van der Waals surface area contributed by atoms with E-state index in [0.29, 0.717) is 6.42 Å². The van der Waals surface area contributed by atoms with E-state index in [2.05, 4.69) is 12.2 Å². The van der Waals surface area contributed by atoms with Gasteiger partial charge >= 0.3 is 5.97 Å². The molecule has 0 saturated heterocycles. The Kier molecular flexibility index (Phi) is 9.33. The summed E-state index contributed by atoms with van der Waals surface area (Å²) in [6.45, 7) is 5.76. The third-order valence-corrected chi connectivity index (χ3v) is 3.01. The van der Waals surface area contributed by atoms with Crippen LogP contribution in [0.5, 0.6) is 0 Å². The van der Waals surface area contributed by atoms with Gasteiger partial charge in [0.1, 0.15) is 6.04 Å². The summed E-state index contributed by atoms with van der Waals surface area (Å²) in [7, 11) is 0. The summed E-state index contributed by atoms with van der Waals surface area (Å²) in [5.41, 5.74) is 0. The van der Waals surface area contributed by atoms with Crippen molar-refractivity contribution in [3.05, 3.63) is 0 Å². The molecule has 0 rings (SSSR count). The molecule has 1 atom stereocenters. The number of aliphatic carboxylic acids is 1. The first kappa shape index (κ1) is 16.9. The zero-order valence-corrected chi connectivity index (χ0v) is 11.9. The summed E-state index contributed by atoms with van der Waals surface area (Å²) in [6, 6.07) is -0.766. The number of carboxylic acid groups (broad SMARTS) is 1. The van der Waals surface area contributed by atoms with Gasteiger partial charge in [-0.3, -0.25) is 4.79 Å². The van der Waals surface area contributed by atoms with Crippen molar-refractivity contribution in [2.75, 3.05) is 0 Å². The lowest BCUT2D eigenvalue weighted by molar-refractivity contribution is -0.143. The predicted molar refractivity (Wildman–Crippen MR) is 72.4 cm³/mol. The second kappa shape index (κ2) is 9.92. The fraction of sp³-hybridized carbons (Fsp3) is 0.857. The lowest BCUT2D eigenvalue weighted by Gasteiger charge is -2.17. The Labute approximate surface area is 110 Å². The number of nitrogens with one attached hydrogen (secondary N) is 1. The van der Waals surface area contributed by atoms with Crippen molar-refractivity contribution in [1.29, 1.82) is 0 Å². The molecule has 0 radical (unpaired) electrons. The maximum atomic E-state index is 11.6. The summed E-state index contributed by atoms with van der Waals surface area (Å²) in [5.74, 6) is -1.19. The highest BCUT2D eigenvalue weighted by atomic mass is 16.4. The molecule has 0 fully saturated rings. The Morgan fingerprint density at radius 2 is 1.61 bits per heavy atom. The van der Waals surface area contributed by atoms with Gasteiger partial charge in [0.15, 0.2) is 0 Å². The summed E-state index contributed by atoms with van der Waals surface area (Å²) in [6.07, 6.45) is 7.18. The molecule has 106 valence electrons. The molecule has 0 aromatic heterocycles. The Balaban J connectivity index is 3.72. The molecule has 0 unspecified atom stereocenters. The topological polar surface area (TPSA) is 66.4 Å². The fourth-order valence-corrected chi connectivity index (χ4v) is 1.83. The molecule has 0 heterocycles. The normalized spacial score (nSPS) is 12.4. The van der Waals surface area contributed by atoms with Gasteiger partial charge in [-0.05, 0) is 12.3 Å². The van der Waals surface area contributed by atoms with Crippen LogP contribution in [-0.4, -0.2) is 23.0 Å². The summed E-state index contributed by atoms with van der Waals surface area (Å²) in [4.78, 5) is 22.5. The Morgan fingerprint density at radius 3 is 2.11 bits per heavy atom. The van der Waals surface area contributed by atoms with Crippen LogP contribution in [0.4, 0.5) is 0 Å². The molecule has 0 aromatic carbocycles. The first-order chi connectivity index (χ1) is 8.49. The molecule has 0 bridgehead atoms. The van der Waals surface area contributed by atoms with Gasteiger partial charge in [0, 0.05) is 6.42 Å². The molecular formula is C14H27NO3. The maximum Gasteiger partial charge on any atom is 0.326 e. The van der Waals surface area contributed by atoms with Gasteiger partial charge in [0.25, 0.3) is 0 Å². The number of carboxylic acids is 1. The van der Waals surface area contributed by atoms with E-state index in [0.717, 1.165) is 19.3 Å². The van der Waals surface area contributed by atoms with Gasteiger partial charge in [-0.1, -0.05) is 52.9 Å². The molecule has 1 amide bonds. The highest BCUT2D eigenvalue weighted by Gasteiger charge is 2.22. The van der Waals surface area contributed by atoms with E-state index >= 15 is 0 Å². The van der Waals surface area contributed by atoms with Crippen molar-refractivity contribution >= 4 is 11.9 Å². The molecule has 0 spiro atoms. The minimum Gasteiger partial charge on any atom is -0.480 e. The van der Waals surface area contributed by atoms with Gasteiger partial charge in [-0.15, -0.1) is 0 Å². The van der Waals surface area contributed by atoms with Crippen LogP contribution in [0.25, 0.3) is 0 Å². The first-order valence-corrected chi connectivity index (χ1v) is 7.01. The van der Waals surface area contributed by atoms with Crippen molar-refractivity contribution in [3.8, 4) is 0 Å².